The molecule has 0 saturated heterocycles. The number of hydrogen-bond donors (Lipinski definition) is 1. The van der Waals surface area contributed by atoms with Gasteiger partial charge < -0.3 is 10.1 Å². The molecule has 2 aromatic carbocycles. The van der Waals surface area contributed by atoms with Gasteiger partial charge in [-0.05, 0) is 42.3 Å². The van der Waals surface area contributed by atoms with Crippen LogP contribution in [0, 0.1) is 0 Å². The molecule has 0 aromatic heterocycles. The van der Waals surface area contributed by atoms with Crippen LogP contribution in [0.25, 0.3) is 0 Å². The summed E-state index contributed by atoms with van der Waals surface area (Å²) in [5, 5.41) is 2.63. The first-order valence-corrected chi connectivity index (χ1v) is 9.76. The summed E-state index contributed by atoms with van der Waals surface area (Å²) in [6, 6.07) is 12.8. The standard InChI is InChI=1S/C19H22N2O5S/c1-4-14-8-10-16(11-9-14)20-18(22)13-26-19(23)15-6-5-7-17(12-15)27(24,25)21(2)3/h5-12H,4,13H2,1-3H3,(H,20,22). The van der Waals surface area contributed by atoms with Crippen LogP contribution in [0.3, 0.4) is 0 Å². The van der Waals surface area contributed by atoms with Crippen LogP contribution in [-0.4, -0.2) is 45.3 Å². The van der Waals surface area contributed by atoms with Crippen molar-refractivity contribution in [1.82, 2.24) is 4.31 Å². The lowest BCUT2D eigenvalue weighted by atomic mass is 10.1. The summed E-state index contributed by atoms with van der Waals surface area (Å²) in [5.41, 5.74) is 1.80. The molecule has 0 heterocycles. The summed E-state index contributed by atoms with van der Waals surface area (Å²) in [5.74, 6) is -1.26. The Morgan fingerprint density at radius 3 is 2.33 bits per heavy atom. The van der Waals surface area contributed by atoms with Gasteiger partial charge >= 0.3 is 5.97 Å². The van der Waals surface area contributed by atoms with E-state index < -0.39 is 28.5 Å². The van der Waals surface area contributed by atoms with E-state index in [-0.39, 0.29) is 10.5 Å². The van der Waals surface area contributed by atoms with Crippen LogP contribution in [0.5, 0.6) is 0 Å². The highest BCUT2D eigenvalue weighted by atomic mass is 32.2. The third kappa shape index (κ3) is 5.38. The number of anilines is 1. The zero-order valence-electron chi connectivity index (χ0n) is 15.4. The maximum Gasteiger partial charge on any atom is 0.338 e. The summed E-state index contributed by atoms with van der Waals surface area (Å²) < 4.78 is 30.3. The number of amides is 1. The van der Waals surface area contributed by atoms with E-state index in [0.717, 1.165) is 16.3 Å². The average molecular weight is 390 g/mol. The van der Waals surface area contributed by atoms with Gasteiger partial charge in [0.2, 0.25) is 10.0 Å². The minimum atomic E-state index is -3.66. The summed E-state index contributed by atoms with van der Waals surface area (Å²) in [4.78, 5) is 24.0. The molecule has 1 amide bonds. The second-order valence-corrected chi connectivity index (χ2v) is 8.14. The molecular weight excluding hydrogens is 368 g/mol. The predicted molar refractivity (Wildman–Crippen MR) is 102 cm³/mol. The number of nitrogens with one attached hydrogen (secondary N) is 1. The molecule has 0 aliphatic rings. The van der Waals surface area contributed by atoms with Crippen LogP contribution in [0.2, 0.25) is 0 Å². The first-order chi connectivity index (χ1) is 12.7. The van der Waals surface area contributed by atoms with Crippen LogP contribution in [-0.2, 0) is 26.0 Å². The Balaban J connectivity index is 1.98. The van der Waals surface area contributed by atoms with Gasteiger partial charge in [0.05, 0.1) is 10.5 Å². The van der Waals surface area contributed by atoms with Crippen LogP contribution >= 0.6 is 0 Å². The molecule has 0 fully saturated rings. The Hall–Kier alpha value is -2.71. The molecule has 0 bridgehead atoms. The van der Waals surface area contributed by atoms with E-state index in [1.165, 1.54) is 38.4 Å². The Kier molecular flexibility index (Phi) is 6.70. The Bertz CT molecular complexity index is 921. The van der Waals surface area contributed by atoms with Crippen molar-refractivity contribution in [2.24, 2.45) is 0 Å². The van der Waals surface area contributed by atoms with Crippen molar-refractivity contribution in [2.75, 3.05) is 26.0 Å². The molecule has 2 aromatic rings. The van der Waals surface area contributed by atoms with Gasteiger partial charge in [-0.2, -0.15) is 0 Å². The van der Waals surface area contributed by atoms with Crippen molar-refractivity contribution in [3.63, 3.8) is 0 Å². The molecule has 0 saturated carbocycles. The van der Waals surface area contributed by atoms with Crippen LogP contribution in [0.1, 0.15) is 22.8 Å². The van der Waals surface area contributed by atoms with Gasteiger partial charge in [0, 0.05) is 19.8 Å². The van der Waals surface area contributed by atoms with E-state index in [4.69, 9.17) is 4.74 Å². The lowest BCUT2D eigenvalue weighted by molar-refractivity contribution is -0.119. The van der Waals surface area contributed by atoms with E-state index in [0.29, 0.717) is 5.69 Å². The number of benzene rings is 2. The second-order valence-electron chi connectivity index (χ2n) is 5.99. The second kappa shape index (κ2) is 8.79. The van der Waals surface area contributed by atoms with Crippen LogP contribution in [0.15, 0.2) is 53.4 Å². The Labute approximate surface area is 159 Å². The summed E-state index contributed by atoms with van der Waals surface area (Å²) in [7, 11) is -0.863. The fraction of sp³-hybridized carbons (Fsp3) is 0.263. The smallest absolute Gasteiger partial charge is 0.338 e. The molecule has 144 valence electrons. The number of carbonyl (C=O) groups is 2. The molecule has 27 heavy (non-hydrogen) atoms. The average Bonchev–Trinajstić information content (AvgIpc) is 2.66. The molecule has 1 N–H and O–H groups in total. The molecular formula is C19H22N2O5S. The molecule has 2 rings (SSSR count). The van der Waals surface area contributed by atoms with Gasteiger partial charge in [0.15, 0.2) is 6.61 Å². The topological polar surface area (TPSA) is 92.8 Å². The fourth-order valence-corrected chi connectivity index (χ4v) is 3.18. The lowest BCUT2D eigenvalue weighted by Gasteiger charge is -2.12. The third-order valence-corrected chi connectivity index (χ3v) is 5.64. The van der Waals surface area contributed by atoms with E-state index in [1.54, 1.807) is 12.1 Å². The van der Waals surface area contributed by atoms with Gasteiger partial charge in [0.25, 0.3) is 5.91 Å². The quantitative estimate of drug-likeness (QED) is 0.732. The zero-order chi connectivity index (χ0) is 20.0. The minimum absolute atomic E-state index is 0.0255. The van der Waals surface area contributed by atoms with Crippen molar-refractivity contribution in [1.29, 1.82) is 0 Å². The number of ether oxygens (including phenoxy) is 1. The summed E-state index contributed by atoms with van der Waals surface area (Å²) >= 11 is 0. The van der Waals surface area contributed by atoms with E-state index >= 15 is 0 Å². The first kappa shape index (κ1) is 20.6. The third-order valence-electron chi connectivity index (χ3n) is 3.83. The summed E-state index contributed by atoms with van der Waals surface area (Å²) in [6.45, 7) is 1.56. The van der Waals surface area contributed by atoms with Crippen molar-refractivity contribution in [3.05, 3.63) is 59.7 Å². The SMILES string of the molecule is CCc1ccc(NC(=O)COC(=O)c2cccc(S(=O)(=O)N(C)C)c2)cc1. The Morgan fingerprint density at radius 2 is 1.74 bits per heavy atom. The van der Waals surface area contributed by atoms with Crippen LogP contribution in [0.4, 0.5) is 5.69 Å². The number of esters is 1. The van der Waals surface area contributed by atoms with Gasteiger partial charge in [-0.25, -0.2) is 17.5 Å². The minimum Gasteiger partial charge on any atom is -0.452 e. The zero-order valence-corrected chi connectivity index (χ0v) is 16.2. The highest BCUT2D eigenvalue weighted by Gasteiger charge is 2.19. The highest BCUT2D eigenvalue weighted by Crippen LogP contribution is 2.15. The molecule has 7 nitrogen and oxygen atoms in total. The van der Waals surface area contributed by atoms with Gasteiger partial charge in [0.1, 0.15) is 0 Å². The van der Waals surface area contributed by atoms with E-state index in [9.17, 15) is 18.0 Å². The van der Waals surface area contributed by atoms with Gasteiger partial charge in [-0.3, -0.25) is 4.79 Å². The first-order valence-electron chi connectivity index (χ1n) is 8.32. The van der Waals surface area contributed by atoms with Gasteiger partial charge in [-0.15, -0.1) is 0 Å². The van der Waals surface area contributed by atoms with Crippen LogP contribution < -0.4 is 5.32 Å². The maximum atomic E-state index is 12.1. The highest BCUT2D eigenvalue weighted by molar-refractivity contribution is 7.89. The molecule has 0 spiro atoms. The van der Waals surface area contributed by atoms with Crippen molar-refractivity contribution in [2.45, 2.75) is 18.2 Å². The summed E-state index contributed by atoms with van der Waals surface area (Å²) in [6.07, 6.45) is 0.897. The fourth-order valence-electron chi connectivity index (χ4n) is 2.23. The molecule has 0 aliphatic carbocycles. The number of nitrogens with zero attached hydrogens (tertiary/aromatic N) is 1. The molecule has 0 radical (unpaired) electrons. The molecule has 8 heteroatoms. The number of sulfonamides is 1. The molecule has 0 aliphatic heterocycles. The number of carbonyl (C=O) groups excluding carboxylic acids is 2. The van der Waals surface area contributed by atoms with Crippen molar-refractivity contribution in [3.8, 4) is 0 Å². The molecule has 0 atom stereocenters. The normalized spacial score (nSPS) is 11.3. The number of rotatable bonds is 7. The van der Waals surface area contributed by atoms with E-state index in [1.807, 2.05) is 19.1 Å². The molecule has 0 unspecified atom stereocenters. The number of aryl methyl sites for hydroxylation is 1. The van der Waals surface area contributed by atoms with E-state index in [2.05, 4.69) is 5.32 Å². The lowest BCUT2D eigenvalue weighted by Crippen LogP contribution is -2.23. The maximum absolute atomic E-state index is 12.1. The largest absolute Gasteiger partial charge is 0.452 e. The van der Waals surface area contributed by atoms with Gasteiger partial charge in [-0.1, -0.05) is 25.1 Å². The van der Waals surface area contributed by atoms with Crippen molar-refractivity contribution < 1.29 is 22.7 Å². The van der Waals surface area contributed by atoms with Crippen molar-refractivity contribution >= 4 is 27.6 Å². The Morgan fingerprint density at radius 1 is 1.07 bits per heavy atom. The predicted octanol–water partition coefficient (Wildman–Crippen LogP) is 2.29. The number of hydrogen-bond acceptors (Lipinski definition) is 5. The monoisotopic (exact) mass is 390 g/mol.